The van der Waals surface area contributed by atoms with Crippen molar-refractivity contribution >= 4 is 21.9 Å². The zero-order valence-corrected chi connectivity index (χ0v) is 8.90. The number of rotatable bonds is 1. The monoisotopic (exact) mass is 213 g/mol. The normalized spacial score (nSPS) is 11.3. The molecular formula is C13H11NO2. The lowest BCUT2D eigenvalue weighted by Crippen LogP contribution is -1.78. The zero-order valence-electron chi connectivity index (χ0n) is 8.90. The number of phenolic OH excluding ortho intramolecular Hbond substituents is 1. The Balaban J connectivity index is 2.52. The molecule has 3 heteroatoms. The number of hydrogen-bond acceptors (Lipinski definition) is 3. The summed E-state index contributed by atoms with van der Waals surface area (Å²) in [5.41, 5.74) is 1.47. The van der Waals surface area contributed by atoms with E-state index in [1.165, 1.54) is 0 Å². The van der Waals surface area contributed by atoms with Gasteiger partial charge in [0.25, 0.3) is 0 Å². The van der Waals surface area contributed by atoms with Crippen LogP contribution in [-0.2, 0) is 6.42 Å². The lowest BCUT2D eigenvalue weighted by molar-refractivity contribution is 0.479. The Hall–Kier alpha value is -2.03. The fourth-order valence-electron chi connectivity index (χ4n) is 1.93. The minimum Gasteiger partial charge on any atom is -0.507 e. The van der Waals surface area contributed by atoms with Gasteiger partial charge in [-0.15, -0.1) is 0 Å². The van der Waals surface area contributed by atoms with Gasteiger partial charge in [-0.2, -0.15) is 0 Å². The van der Waals surface area contributed by atoms with Crippen LogP contribution in [0.15, 0.2) is 34.7 Å². The van der Waals surface area contributed by atoms with Crippen LogP contribution < -0.4 is 0 Å². The summed E-state index contributed by atoms with van der Waals surface area (Å²) >= 11 is 0. The molecule has 1 aromatic heterocycles. The van der Waals surface area contributed by atoms with Crippen LogP contribution in [0.3, 0.4) is 0 Å². The second kappa shape index (κ2) is 3.23. The molecule has 0 spiro atoms. The van der Waals surface area contributed by atoms with Crippen molar-refractivity contribution in [1.82, 2.24) is 4.98 Å². The predicted molar refractivity (Wildman–Crippen MR) is 62.6 cm³/mol. The molecule has 0 atom stereocenters. The number of benzene rings is 2. The number of nitrogens with zero attached hydrogens (tertiary/aromatic N) is 1. The molecule has 0 amide bonds. The maximum Gasteiger partial charge on any atom is 0.195 e. The van der Waals surface area contributed by atoms with Crippen molar-refractivity contribution in [2.75, 3.05) is 0 Å². The Bertz CT molecular complexity index is 670. The van der Waals surface area contributed by atoms with Gasteiger partial charge in [0.15, 0.2) is 11.5 Å². The van der Waals surface area contributed by atoms with Crippen LogP contribution in [0.25, 0.3) is 21.9 Å². The maximum absolute atomic E-state index is 9.86. The molecule has 0 saturated heterocycles. The summed E-state index contributed by atoms with van der Waals surface area (Å²) < 4.78 is 5.54. The number of fused-ring (bicyclic) bond motifs is 3. The van der Waals surface area contributed by atoms with Gasteiger partial charge in [0.2, 0.25) is 0 Å². The topological polar surface area (TPSA) is 46.3 Å². The third-order valence-electron chi connectivity index (χ3n) is 2.73. The first-order valence-electron chi connectivity index (χ1n) is 5.29. The number of aromatic nitrogens is 1. The van der Waals surface area contributed by atoms with Gasteiger partial charge < -0.3 is 9.52 Å². The smallest absolute Gasteiger partial charge is 0.195 e. The molecule has 3 aromatic rings. The molecule has 0 radical (unpaired) electrons. The molecule has 0 aliphatic heterocycles. The number of aromatic hydroxyl groups is 1. The summed E-state index contributed by atoms with van der Waals surface area (Å²) in [5, 5.41) is 11.6. The summed E-state index contributed by atoms with van der Waals surface area (Å²) in [5.74, 6) is 0.938. The van der Waals surface area contributed by atoms with Crippen LogP contribution in [0.2, 0.25) is 0 Å². The molecule has 0 aliphatic rings. The third kappa shape index (κ3) is 1.18. The van der Waals surface area contributed by atoms with Crippen molar-refractivity contribution in [2.24, 2.45) is 0 Å². The molecular weight excluding hydrogens is 202 g/mol. The lowest BCUT2D eigenvalue weighted by atomic mass is 10.1. The van der Waals surface area contributed by atoms with E-state index < -0.39 is 0 Å². The van der Waals surface area contributed by atoms with Crippen molar-refractivity contribution in [2.45, 2.75) is 13.3 Å². The van der Waals surface area contributed by atoms with Crippen LogP contribution >= 0.6 is 0 Å². The first kappa shape index (κ1) is 9.21. The van der Waals surface area contributed by atoms with Gasteiger partial charge in [-0.3, -0.25) is 0 Å². The highest BCUT2D eigenvalue weighted by Gasteiger charge is 2.10. The highest BCUT2D eigenvalue weighted by Crippen LogP contribution is 2.32. The number of oxazole rings is 1. The summed E-state index contributed by atoms with van der Waals surface area (Å²) in [6.45, 7) is 1.99. The van der Waals surface area contributed by atoms with E-state index in [-0.39, 0.29) is 5.75 Å². The minimum atomic E-state index is 0.238. The molecule has 0 bridgehead atoms. The van der Waals surface area contributed by atoms with Gasteiger partial charge in [-0.05, 0) is 0 Å². The predicted octanol–water partition coefficient (Wildman–Crippen LogP) is 3.25. The number of hydrogen-bond donors (Lipinski definition) is 1. The van der Waals surface area contributed by atoms with E-state index in [9.17, 15) is 5.11 Å². The molecule has 0 unspecified atom stereocenters. The van der Waals surface area contributed by atoms with Gasteiger partial charge in [-0.25, -0.2) is 4.98 Å². The Morgan fingerprint density at radius 2 is 2.00 bits per heavy atom. The molecule has 0 aliphatic carbocycles. The first-order valence-corrected chi connectivity index (χ1v) is 5.29. The zero-order chi connectivity index (χ0) is 11.1. The second-order valence-electron chi connectivity index (χ2n) is 3.75. The molecule has 0 fully saturated rings. The third-order valence-corrected chi connectivity index (χ3v) is 2.73. The average molecular weight is 213 g/mol. The lowest BCUT2D eigenvalue weighted by Gasteiger charge is -1.99. The van der Waals surface area contributed by atoms with E-state index in [1.54, 1.807) is 6.07 Å². The molecule has 3 nitrogen and oxygen atoms in total. The van der Waals surface area contributed by atoms with Crippen molar-refractivity contribution < 1.29 is 9.52 Å². The largest absolute Gasteiger partial charge is 0.507 e. The van der Waals surface area contributed by atoms with E-state index >= 15 is 0 Å². The minimum absolute atomic E-state index is 0.238. The van der Waals surface area contributed by atoms with Gasteiger partial charge in [-0.1, -0.05) is 31.2 Å². The van der Waals surface area contributed by atoms with E-state index in [0.717, 1.165) is 22.7 Å². The summed E-state index contributed by atoms with van der Waals surface area (Å²) in [4.78, 5) is 4.42. The maximum atomic E-state index is 9.86. The molecule has 1 N–H and O–H groups in total. The second-order valence-corrected chi connectivity index (χ2v) is 3.75. The van der Waals surface area contributed by atoms with Gasteiger partial charge in [0.05, 0.1) is 0 Å². The van der Waals surface area contributed by atoms with E-state index in [2.05, 4.69) is 4.98 Å². The molecule has 16 heavy (non-hydrogen) atoms. The summed E-state index contributed by atoms with van der Waals surface area (Å²) in [6, 6.07) is 9.28. The molecule has 3 rings (SSSR count). The van der Waals surface area contributed by atoms with Crippen molar-refractivity contribution in [1.29, 1.82) is 0 Å². The van der Waals surface area contributed by atoms with Crippen molar-refractivity contribution in [3.63, 3.8) is 0 Å². The van der Waals surface area contributed by atoms with E-state index in [0.29, 0.717) is 11.5 Å². The van der Waals surface area contributed by atoms with Gasteiger partial charge >= 0.3 is 0 Å². The van der Waals surface area contributed by atoms with Gasteiger partial charge in [0.1, 0.15) is 11.3 Å². The van der Waals surface area contributed by atoms with Crippen molar-refractivity contribution in [3.8, 4) is 5.75 Å². The number of phenols is 1. The summed E-state index contributed by atoms with van der Waals surface area (Å²) in [7, 11) is 0. The van der Waals surface area contributed by atoms with Crippen LogP contribution in [0.4, 0.5) is 0 Å². The van der Waals surface area contributed by atoms with E-state index in [4.69, 9.17) is 4.42 Å². The highest BCUT2D eigenvalue weighted by atomic mass is 16.3. The number of aryl methyl sites for hydroxylation is 1. The summed E-state index contributed by atoms with van der Waals surface area (Å²) in [6.07, 6.45) is 0.754. The fourth-order valence-corrected chi connectivity index (χ4v) is 1.93. The molecule has 80 valence electrons. The molecule has 0 saturated carbocycles. The fraction of sp³-hybridized carbons (Fsp3) is 0.154. The molecule has 2 aromatic carbocycles. The Kier molecular flexibility index (Phi) is 1.86. The van der Waals surface area contributed by atoms with E-state index in [1.807, 2.05) is 31.2 Å². The van der Waals surface area contributed by atoms with Crippen LogP contribution in [-0.4, -0.2) is 10.1 Å². The van der Waals surface area contributed by atoms with Crippen LogP contribution in [0, 0.1) is 0 Å². The highest BCUT2D eigenvalue weighted by molar-refractivity contribution is 6.06. The quantitative estimate of drug-likeness (QED) is 0.674. The molecule has 1 heterocycles. The van der Waals surface area contributed by atoms with Crippen molar-refractivity contribution in [3.05, 3.63) is 36.2 Å². The van der Waals surface area contributed by atoms with Gasteiger partial charge in [0, 0.05) is 23.3 Å². The Labute approximate surface area is 92.3 Å². The Morgan fingerprint density at radius 1 is 1.25 bits per heavy atom. The SMILES string of the molecule is CCc1nc2c(cc(O)c3ccccc32)o1. The van der Waals surface area contributed by atoms with Crippen LogP contribution in [0.1, 0.15) is 12.8 Å². The Morgan fingerprint density at radius 3 is 2.75 bits per heavy atom. The first-order chi connectivity index (χ1) is 7.79. The standard InChI is InChI=1S/C13H11NO2/c1-2-12-14-13-9-6-4-3-5-8(9)10(15)7-11(13)16-12/h3-7,15H,2H2,1H3. The van der Waals surface area contributed by atoms with Crippen LogP contribution in [0.5, 0.6) is 5.75 Å². The average Bonchev–Trinajstić information content (AvgIpc) is 2.72.